The largest absolute Gasteiger partial charge is 0.494 e. The summed E-state index contributed by atoms with van der Waals surface area (Å²) in [5, 5.41) is 9.29. The smallest absolute Gasteiger partial charge is 0.161 e. The molecule has 1 aliphatic carbocycles. The predicted molar refractivity (Wildman–Crippen MR) is 158 cm³/mol. The van der Waals surface area contributed by atoms with Crippen molar-refractivity contribution in [2.24, 2.45) is 5.92 Å². The molecule has 0 bridgehead atoms. The van der Waals surface area contributed by atoms with Crippen molar-refractivity contribution in [3.63, 3.8) is 0 Å². The Morgan fingerprint density at radius 2 is 1.69 bits per heavy atom. The first-order valence-corrected chi connectivity index (χ1v) is 14.3. The highest BCUT2D eigenvalue weighted by atomic mass is 19.2. The van der Waals surface area contributed by atoms with Gasteiger partial charge in [0.05, 0.1) is 6.61 Å². The Bertz CT molecular complexity index is 866. The summed E-state index contributed by atoms with van der Waals surface area (Å²) in [5.41, 5.74) is 2.15. The summed E-state index contributed by atoms with van der Waals surface area (Å²) < 4.78 is 40.6. The Hall–Kier alpha value is -2.57. The van der Waals surface area contributed by atoms with Crippen LogP contribution in [0.2, 0.25) is 0 Å². The molecule has 220 valence electrons. The third-order valence-electron chi connectivity index (χ3n) is 6.22. The fourth-order valence-electron chi connectivity index (χ4n) is 4.06. The molecule has 6 heteroatoms. The molecule has 2 rings (SSSR count). The molecule has 1 aliphatic rings. The van der Waals surface area contributed by atoms with E-state index < -0.39 is 11.7 Å². The molecule has 0 radical (unpaired) electrons. The van der Waals surface area contributed by atoms with Gasteiger partial charge in [0.15, 0.2) is 11.7 Å². The van der Waals surface area contributed by atoms with E-state index in [9.17, 15) is 13.9 Å². The van der Waals surface area contributed by atoms with Crippen molar-refractivity contribution in [1.82, 2.24) is 0 Å². The molecule has 1 N–H and O–H groups in total. The van der Waals surface area contributed by atoms with Crippen LogP contribution in [0.15, 0.2) is 71.9 Å². The molecule has 1 unspecified atom stereocenters. The van der Waals surface area contributed by atoms with Crippen LogP contribution in [-0.4, -0.2) is 38.3 Å². The number of carbonyl (C=O) groups excluding carboxylic acids is 1. The fraction of sp³-hybridized carbons (Fsp3) is 0.545. The average molecular weight is 549 g/mol. The molecule has 1 atom stereocenters. The number of halogens is 2. The molecule has 0 saturated carbocycles. The SMILES string of the molecule is C=CC=O.CC.CCCCOc1ccc(CCCCC2=C(F)C(F)=C(CC(CCO)CCOC)CC=C2)cc1. The minimum atomic E-state index is -0.721. The third-order valence-corrected chi connectivity index (χ3v) is 6.22. The zero-order chi connectivity index (χ0) is 29.3. The second-order valence-corrected chi connectivity index (χ2v) is 9.15. The number of methoxy groups -OCH3 is 1. The monoisotopic (exact) mass is 548 g/mol. The van der Waals surface area contributed by atoms with E-state index in [-0.39, 0.29) is 12.5 Å². The number of hydrogen-bond donors (Lipinski definition) is 1. The van der Waals surface area contributed by atoms with E-state index in [1.165, 1.54) is 11.6 Å². The predicted octanol–water partition coefficient (Wildman–Crippen LogP) is 8.81. The Morgan fingerprint density at radius 3 is 2.28 bits per heavy atom. The summed E-state index contributed by atoms with van der Waals surface area (Å²) in [6.45, 7) is 10.6. The number of ether oxygens (including phenoxy) is 2. The van der Waals surface area contributed by atoms with Gasteiger partial charge in [0, 0.05) is 20.3 Å². The molecule has 0 aromatic heterocycles. The number of rotatable bonds is 17. The van der Waals surface area contributed by atoms with Gasteiger partial charge in [-0.1, -0.05) is 58.1 Å². The Kier molecular flexibility index (Phi) is 22.9. The molecule has 39 heavy (non-hydrogen) atoms. The minimum Gasteiger partial charge on any atom is -0.494 e. The highest BCUT2D eigenvalue weighted by Gasteiger charge is 2.20. The van der Waals surface area contributed by atoms with Crippen molar-refractivity contribution in [1.29, 1.82) is 0 Å². The van der Waals surface area contributed by atoms with E-state index >= 15 is 0 Å². The van der Waals surface area contributed by atoms with Gasteiger partial charge in [-0.25, -0.2) is 8.78 Å². The van der Waals surface area contributed by atoms with Crippen LogP contribution in [0.25, 0.3) is 0 Å². The maximum absolute atomic E-state index is 14.9. The highest BCUT2D eigenvalue weighted by molar-refractivity contribution is 5.63. The Balaban J connectivity index is 0.00000220. The molecule has 0 aliphatic heterocycles. The van der Waals surface area contributed by atoms with Crippen molar-refractivity contribution in [3.05, 3.63) is 77.4 Å². The van der Waals surface area contributed by atoms with Crippen LogP contribution in [0.1, 0.15) is 84.1 Å². The number of aliphatic hydroxyl groups excluding tert-OH is 1. The topological polar surface area (TPSA) is 55.8 Å². The van der Waals surface area contributed by atoms with Gasteiger partial charge < -0.3 is 14.6 Å². The number of aliphatic hydroxyl groups is 1. The van der Waals surface area contributed by atoms with Gasteiger partial charge in [-0.2, -0.15) is 0 Å². The lowest BCUT2D eigenvalue weighted by Gasteiger charge is -2.17. The van der Waals surface area contributed by atoms with E-state index in [0.29, 0.717) is 49.7 Å². The van der Waals surface area contributed by atoms with Gasteiger partial charge in [0.1, 0.15) is 12.0 Å². The summed E-state index contributed by atoms with van der Waals surface area (Å²) in [4.78, 5) is 9.06. The summed E-state index contributed by atoms with van der Waals surface area (Å²) in [5.74, 6) is -0.456. The molecular formula is C33H50F2O4. The van der Waals surface area contributed by atoms with Crippen molar-refractivity contribution in [2.45, 2.75) is 85.0 Å². The highest BCUT2D eigenvalue weighted by Crippen LogP contribution is 2.34. The van der Waals surface area contributed by atoms with E-state index in [1.54, 1.807) is 13.2 Å². The second kappa shape index (κ2) is 24.5. The second-order valence-electron chi connectivity index (χ2n) is 9.15. The first-order valence-electron chi connectivity index (χ1n) is 14.3. The fourth-order valence-corrected chi connectivity index (χ4v) is 4.06. The summed E-state index contributed by atoms with van der Waals surface area (Å²) in [6.07, 6.45) is 12.9. The van der Waals surface area contributed by atoms with Crippen molar-refractivity contribution in [3.8, 4) is 5.75 Å². The maximum atomic E-state index is 14.9. The number of unbranched alkanes of at least 4 members (excludes halogenated alkanes) is 2. The van der Waals surface area contributed by atoms with Crippen LogP contribution in [0.4, 0.5) is 8.78 Å². The van der Waals surface area contributed by atoms with Crippen LogP contribution < -0.4 is 4.74 Å². The molecular weight excluding hydrogens is 498 g/mol. The van der Waals surface area contributed by atoms with Gasteiger partial charge in [-0.05, 0) is 98.6 Å². The standard InChI is InChI=1S/C28H40F2O3.C3H4O.C2H6/c1-3-4-19-33-26-14-12-22(13-15-26)8-5-6-9-24-10-7-11-25(28(30)27(24)29)21-23(16-18-31)17-20-32-2;1-2-3-4;1-2/h7,10,12-15,23,31H,3-6,8-9,11,16-21H2,1-2H3;2-3H,1H2;1-2H3. The number of allylic oxidation sites excluding steroid dienone is 7. The normalized spacial score (nSPS) is 13.5. The number of benzene rings is 1. The van der Waals surface area contributed by atoms with Gasteiger partial charge >= 0.3 is 0 Å². The van der Waals surface area contributed by atoms with Crippen molar-refractivity contribution < 1.29 is 28.2 Å². The quantitative estimate of drug-likeness (QED) is 0.120. The van der Waals surface area contributed by atoms with Crippen LogP contribution in [0.3, 0.4) is 0 Å². The summed E-state index contributed by atoms with van der Waals surface area (Å²) >= 11 is 0. The zero-order valence-electron chi connectivity index (χ0n) is 24.5. The van der Waals surface area contributed by atoms with Crippen LogP contribution in [-0.2, 0) is 16.0 Å². The lowest BCUT2D eigenvalue weighted by Crippen LogP contribution is -2.08. The van der Waals surface area contributed by atoms with Gasteiger partial charge in [-0.3, -0.25) is 4.79 Å². The van der Waals surface area contributed by atoms with E-state index in [0.717, 1.165) is 50.9 Å². The van der Waals surface area contributed by atoms with Crippen LogP contribution >= 0.6 is 0 Å². The number of hydrogen-bond acceptors (Lipinski definition) is 4. The Morgan fingerprint density at radius 1 is 1.03 bits per heavy atom. The third kappa shape index (κ3) is 16.2. The molecule has 1 aromatic rings. The molecule has 0 heterocycles. The molecule has 1 aromatic carbocycles. The van der Waals surface area contributed by atoms with Gasteiger partial charge in [0.2, 0.25) is 0 Å². The first kappa shape index (κ1) is 36.4. The van der Waals surface area contributed by atoms with E-state index in [4.69, 9.17) is 14.3 Å². The maximum Gasteiger partial charge on any atom is 0.161 e. The van der Waals surface area contributed by atoms with Crippen LogP contribution in [0.5, 0.6) is 5.75 Å². The molecule has 0 saturated heterocycles. The molecule has 0 fully saturated rings. The summed E-state index contributed by atoms with van der Waals surface area (Å²) in [6, 6.07) is 8.15. The zero-order valence-corrected chi connectivity index (χ0v) is 24.5. The average Bonchev–Trinajstić information content (AvgIpc) is 3.10. The Labute approximate surface area is 235 Å². The minimum absolute atomic E-state index is 0.0390. The lowest BCUT2D eigenvalue weighted by molar-refractivity contribution is -0.104. The van der Waals surface area contributed by atoms with Crippen molar-refractivity contribution >= 4 is 6.29 Å². The molecule has 4 nitrogen and oxygen atoms in total. The summed E-state index contributed by atoms with van der Waals surface area (Å²) in [7, 11) is 1.62. The lowest BCUT2D eigenvalue weighted by atomic mass is 9.91. The number of aldehydes is 1. The molecule has 0 spiro atoms. The van der Waals surface area contributed by atoms with E-state index in [2.05, 4.69) is 25.6 Å². The van der Waals surface area contributed by atoms with E-state index in [1.807, 2.05) is 32.1 Å². The van der Waals surface area contributed by atoms with Crippen molar-refractivity contribution in [2.75, 3.05) is 26.9 Å². The first-order chi connectivity index (χ1) is 19.0. The molecule has 0 amide bonds. The number of carbonyl (C=O) groups is 1. The van der Waals surface area contributed by atoms with Crippen LogP contribution in [0, 0.1) is 5.92 Å². The number of aryl methyl sites for hydroxylation is 1. The van der Waals surface area contributed by atoms with Gasteiger partial charge in [-0.15, -0.1) is 0 Å². The van der Waals surface area contributed by atoms with Gasteiger partial charge in [0.25, 0.3) is 0 Å².